The topological polar surface area (TPSA) is 50.2 Å². The molecule has 0 unspecified atom stereocenters. The second kappa shape index (κ2) is 3.80. The molecule has 0 radical (unpaired) electrons. The summed E-state index contributed by atoms with van der Waals surface area (Å²) < 4.78 is 0. The van der Waals surface area contributed by atoms with E-state index in [-0.39, 0.29) is 5.41 Å². The van der Waals surface area contributed by atoms with Gasteiger partial charge in [0.25, 0.3) is 0 Å². The van der Waals surface area contributed by atoms with Gasteiger partial charge >= 0.3 is 5.97 Å². The van der Waals surface area contributed by atoms with Crippen LogP contribution >= 0.6 is 0 Å². The van der Waals surface area contributed by atoms with Crippen molar-refractivity contribution in [2.24, 2.45) is 0 Å². The van der Waals surface area contributed by atoms with E-state index in [1.807, 2.05) is 26.0 Å². The highest BCUT2D eigenvalue weighted by Gasteiger charge is 2.41. The molecule has 0 saturated heterocycles. The molecule has 1 aromatic carbocycles. The normalized spacial score (nSPS) is 16.6. The number of aromatic carboxylic acids is 1. The third-order valence-corrected chi connectivity index (χ3v) is 4.10. The molecule has 1 fully saturated rings. The van der Waals surface area contributed by atoms with Crippen LogP contribution in [0.4, 0.5) is 0 Å². The summed E-state index contributed by atoms with van der Waals surface area (Å²) >= 11 is 0. The molecule has 1 aliphatic carbocycles. The number of fused-ring (bicyclic) bond motifs is 1. The van der Waals surface area contributed by atoms with Crippen LogP contribution in [0, 0.1) is 13.8 Å². The van der Waals surface area contributed by atoms with E-state index in [4.69, 9.17) is 4.98 Å². The van der Waals surface area contributed by atoms with Crippen molar-refractivity contribution in [2.75, 3.05) is 0 Å². The lowest BCUT2D eigenvalue weighted by molar-refractivity contribution is 0.0698. The number of pyridine rings is 1. The van der Waals surface area contributed by atoms with E-state index in [2.05, 4.69) is 6.92 Å². The number of carboxylic acid groups (broad SMARTS) is 1. The molecule has 1 saturated carbocycles. The number of carboxylic acids is 1. The Morgan fingerprint density at radius 1 is 1.26 bits per heavy atom. The van der Waals surface area contributed by atoms with E-state index in [1.165, 1.54) is 0 Å². The zero-order chi connectivity index (χ0) is 13.8. The van der Waals surface area contributed by atoms with E-state index < -0.39 is 5.97 Å². The van der Waals surface area contributed by atoms with Crippen molar-refractivity contribution >= 4 is 16.9 Å². The minimum absolute atomic E-state index is 0.0794. The summed E-state index contributed by atoms with van der Waals surface area (Å²) in [5.74, 6) is -0.871. The Morgan fingerprint density at radius 2 is 1.95 bits per heavy atom. The first-order valence-electron chi connectivity index (χ1n) is 6.56. The average molecular weight is 255 g/mol. The van der Waals surface area contributed by atoms with Crippen LogP contribution in [0.2, 0.25) is 0 Å². The Bertz CT molecular complexity index is 699. The van der Waals surface area contributed by atoms with Gasteiger partial charge in [0.1, 0.15) is 0 Å². The second-order valence-corrected chi connectivity index (χ2v) is 5.90. The molecule has 0 spiro atoms. The summed E-state index contributed by atoms with van der Waals surface area (Å²) in [5.41, 5.74) is 4.28. The van der Waals surface area contributed by atoms with Gasteiger partial charge in [-0.3, -0.25) is 4.98 Å². The molecule has 1 aromatic heterocycles. The number of aryl methyl sites for hydroxylation is 2. The van der Waals surface area contributed by atoms with Gasteiger partial charge in [-0.05, 0) is 49.9 Å². The van der Waals surface area contributed by atoms with Crippen LogP contribution in [-0.4, -0.2) is 16.1 Å². The number of aromatic nitrogens is 1. The predicted octanol–water partition coefficient (Wildman–Crippen LogP) is 3.60. The summed E-state index contributed by atoms with van der Waals surface area (Å²) in [6, 6.07) is 5.75. The largest absolute Gasteiger partial charge is 0.478 e. The molecule has 2 aromatic rings. The van der Waals surface area contributed by atoms with Gasteiger partial charge in [0.05, 0.1) is 11.1 Å². The fourth-order valence-electron chi connectivity index (χ4n) is 2.68. The third kappa shape index (κ3) is 1.89. The summed E-state index contributed by atoms with van der Waals surface area (Å²) in [7, 11) is 0. The Hall–Kier alpha value is -1.90. The average Bonchev–Trinajstić information content (AvgIpc) is 3.06. The zero-order valence-corrected chi connectivity index (χ0v) is 11.4. The van der Waals surface area contributed by atoms with E-state index in [0.717, 1.165) is 40.6 Å². The van der Waals surface area contributed by atoms with Gasteiger partial charge in [0.15, 0.2) is 0 Å². The lowest BCUT2D eigenvalue weighted by atomic mass is 9.96. The number of hydrogen-bond acceptors (Lipinski definition) is 2. The lowest BCUT2D eigenvalue weighted by Gasteiger charge is -2.13. The van der Waals surface area contributed by atoms with E-state index >= 15 is 0 Å². The van der Waals surface area contributed by atoms with Gasteiger partial charge in [-0.25, -0.2) is 4.79 Å². The second-order valence-electron chi connectivity index (χ2n) is 5.90. The molecule has 3 heteroatoms. The molecule has 0 bridgehead atoms. The highest BCUT2D eigenvalue weighted by molar-refractivity contribution is 6.04. The van der Waals surface area contributed by atoms with Gasteiger partial charge in [-0.15, -0.1) is 0 Å². The molecule has 3 nitrogen and oxygen atoms in total. The molecule has 3 rings (SSSR count). The molecule has 98 valence electrons. The molecule has 1 aliphatic rings. The molecule has 1 N–H and O–H groups in total. The number of rotatable bonds is 2. The van der Waals surface area contributed by atoms with Crippen LogP contribution in [0.1, 0.15) is 46.9 Å². The van der Waals surface area contributed by atoms with Crippen LogP contribution in [0.3, 0.4) is 0 Å². The highest BCUT2D eigenvalue weighted by atomic mass is 16.4. The summed E-state index contributed by atoms with van der Waals surface area (Å²) in [6.45, 7) is 6.11. The quantitative estimate of drug-likeness (QED) is 0.892. The van der Waals surface area contributed by atoms with Crippen LogP contribution < -0.4 is 0 Å². The Kier molecular flexibility index (Phi) is 2.43. The monoisotopic (exact) mass is 255 g/mol. The number of benzene rings is 1. The molecule has 0 atom stereocenters. The SMILES string of the molecule is Cc1cc(C)c2c(C(=O)O)cc(C3(C)CC3)nc2c1. The number of nitrogens with zero attached hydrogens (tertiary/aromatic N) is 1. The predicted molar refractivity (Wildman–Crippen MR) is 74.8 cm³/mol. The molecular weight excluding hydrogens is 238 g/mol. The number of hydrogen-bond donors (Lipinski definition) is 1. The maximum atomic E-state index is 11.5. The summed E-state index contributed by atoms with van der Waals surface area (Å²) in [4.78, 5) is 16.2. The van der Waals surface area contributed by atoms with E-state index in [0.29, 0.717) is 5.56 Å². The first-order valence-corrected chi connectivity index (χ1v) is 6.56. The minimum Gasteiger partial charge on any atom is -0.478 e. The van der Waals surface area contributed by atoms with Crippen LogP contribution in [0.5, 0.6) is 0 Å². The highest BCUT2D eigenvalue weighted by Crippen LogP contribution is 2.47. The molecular formula is C16H17NO2. The maximum absolute atomic E-state index is 11.5. The number of carbonyl (C=O) groups is 1. The molecule has 0 aliphatic heterocycles. The smallest absolute Gasteiger partial charge is 0.336 e. The summed E-state index contributed by atoms with van der Waals surface area (Å²) in [6.07, 6.45) is 2.19. The van der Waals surface area contributed by atoms with Gasteiger partial charge in [0, 0.05) is 16.5 Å². The van der Waals surface area contributed by atoms with Gasteiger partial charge in [-0.1, -0.05) is 13.0 Å². The van der Waals surface area contributed by atoms with Crippen molar-refractivity contribution in [2.45, 2.75) is 39.0 Å². The zero-order valence-electron chi connectivity index (χ0n) is 11.4. The van der Waals surface area contributed by atoms with Crippen molar-refractivity contribution in [1.82, 2.24) is 4.98 Å². The summed E-state index contributed by atoms with van der Waals surface area (Å²) in [5, 5.41) is 10.2. The maximum Gasteiger partial charge on any atom is 0.336 e. The van der Waals surface area contributed by atoms with E-state index in [9.17, 15) is 9.90 Å². The van der Waals surface area contributed by atoms with Gasteiger partial charge in [0.2, 0.25) is 0 Å². The van der Waals surface area contributed by atoms with Gasteiger partial charge < -0.3 is 5.11 Å². The third-order valence-electron chi connectivity index (χ3n) is 4.10. The van der Waals surface area contributed by atoms with Crippen molar-refractivity contribution in [3.05, 3.63) is 40.6 Å². The molecule has 1 heterocycles. The molecule has 0 amide bonds. The van der Waals surface area contributed by atoms with Crippen molar-refractivity contribution in [3.63, 3.8) is 0 Å². The fraction of sp³-hybridized carbons (Fsp3) is 0.375. The minimum atomic E-state index is -0.871. The Morgan fingerprint density at radius 3 is 2.53 bits per heavy atom. The van der Waals surface area contributed by atoms with Crippen molar-refractivity contribution in [3.8, 4) is 0 Å². The fourth-order valence-corrected chi connectivity index (χ4v) is 2.68. The van der Waals surface area contributed by atoms with Crippen LogP contribution in [0.15, 0.2) is 18.2 Å². The molecule has 19 heavy (non-hydrogen) atoms. The Labute approximate surface area is 112 Å². The van der Waals surface area contributed by atoms with Gasteiger partial charge in [-0.2, -0.15) is 0 Å². The van der Waals surface area contributed by atoms with Crippen LogP contribution in [0.25, 0.3) is 10.9 Å². The Balaban J connectivity index is 2.38. The first-order chi connectivity index (χ1) is 8.90. The van der Waals surface area contributed by atoms with Crippen LogP contribution in [-0.2, 0) is 5.41 Å². The van der Waals surface area contributed by atoms with Crippen molar-refractivity contribution in [1.29, 1.82) is 0 Å². The lowest BCUT2D eigenvalue weighted by Crippen LogP contribution is -2.08. The van der Waals surface area contributed by atoms with E-state index in [1.54, 1.807) is 6.07 Å². The van der Waals surface area contributed by atoms with Crippen molar-refractivity contribution < 1.29 is 9.90 Å². The standard InChI is InChI=1S/C16H17NO2/c1-9-6-10(2)14-11(15(18)19)8-13(16(3)4-5-16)17-12(14)7-9/h6-8H,4-5H2,1-3H3,(H,18,19). The first kappa shape index (κ1) is 12.2.